The van der Waals surface area contributed by atoms with E-state index in [2.05, 4.69) is 0 Å². The Bertz CT molecular complexity index is 1210. The monoisotopic (exact) mass is 431 g/mol. The summed E-state index contributed by atoms with van der Waals surface area (Å²) in [6.07, 6.45) is 2.33. The Morgan fingerprint density at radius 2 is 1.84 bits per heavy atom. The van der Waals surface area contributed by atoms with Gasteiger partial charge in [-0.2, -0.15) is 0 Å². The van der Waals surface area contributed by atoms with Crippen LogP contribution in [0, 0.1) is 24.4 Å². The van der Waals surface area contributed by atoms with E-state index in [1.165, 1.54) is 13.0 Å². The average molecular weight is 431 g/mol. The third-order valence-corrected chi connectivity index (χ3v) is 5.83. The minimum atomic E-state index is -1.19. The van der Waals surface area contributed by atoms with Gasteiger partial charge in [0.1, 0.15) is 6.10 Å². The number of nitrogens with zero attached hydrogens (tertiary/aromatic N) is 1. The van der Waals surface area contributed by atoms with E-state index in [4.69, 9.17) is 4.74 Å². The number of benzene rings is 2. The lowest BCUT2D eigenvalue weighted by molar-refractivity contribution is -0.154. The van der Waals surface area contributed by atoms with Crippen LogP contribution in [0.3, 0.4) is 0 Å². The number of phenols is 1. The summed E-state index contributed by atoms with van der Waals surface area (Å²) < 4.78 is 48.5. The summed E-state index contributed by atoms with van der Waals surface area (Å²) in [5.74, 6) is -6.11. The summed E-state index contributed by atoms with van der Waals surface area (Å²) in [7, 11) is 0. The quantitative estimate of drug-likeness (QED) is 0.593. The number of phenolic OH excluding ortho intramolecular Hbond substituents is 1. The highest BCUT2D eigenvalue weighted by atomic mass is 19.2. The summed E-state index contributed by atoms with van der Waals surface area (Å²) in [6.45, 7) is 3.06. The molecule has 0 spiro atoms. The van der Waals surface area contributed by atoms with Crippen LogP contribution in [0.5, 0.6) is 5.75 Å². The molecule has 5 nitrogen and oxygen atoms in total. The molecule has 1 aliphatic carbocycles. The van der Waals surface area contributed by atoms with Crippen molar-refractivity contribution in [3.63, 3.8) is 0 Å². The molecule has 1 aromatic heterocycles. The Morgan fingerprint density at radius 3 is 2.45 bits per heavy atom. The summed E-state index contributed by atoms with van der Waals surface area (Å²) >= 11 is 0. The van der Waals surface area contributed by atoms with Crippen LogP contribution in [0.4, 0.5) is 13.2 Å². The summed E-state index contributed by atoms with van der Waals surface area (Å²) in [5, 5.41) is 9.81. The van der Waals surface area contributed by atoms with Crippen LogP contribution in [-0.4, -0.2) is 27.7 Å². The fourth-order valence-electron chi connectivity index (χ4n) is 3.90. The van der Waals surface area contributed by atoms with Gasteiger partial charge in [-0.15, -0.1) is 0 Å². The van der Waals surface area contributed by atoms with Gasteiger partial charge in [0, 0.05) is 16.6 Å². The summed E-state index contributed by atoms with van der Waals surface area (Å²) in [5.41, 5.74) is 0.389. The highest BCUT2D eigenvalue weighted by molar-refractivity contribution is 6.05. The molecule has 162 valence electrons. The first-order chi connectivity index (χ1) is 14.7. The van der Waals surface area contributed by atoms with E-state index in [1.807, 2.05) is 0 Å². The van der Waals surface area contributed by atoms with Crippen molar-refractivity contribution in [2.75, 3.05) is 0 Å². The summed E-state index contributed by atoms with van der Waals surface area (Å²) in [6, 6.07) is 5.14. The molecular weight excluding hydrogens is 411 g/mol. The van der Waals surface area contributed by atoms with Gasteiger partial charge in [-0.3, -0.25) is 14.2 Å². The molecule has 8 heteroatoms. The number of rotatable bonds is 4. The number of aromatic hydroxyl groups is 1. The van der Waals surface area contributed by atoms with E-state index >= 15 is 0 Å². The fraction of sp³-hybridized carbons (Fsp3) is 0.304. The van der Waals surface area contributed by atoms with Crippen molar-refractivity contribution in [1.29, 1.82) is 0 Å². The molecule has 1 heterocycles. The number of hydrogen-bond donors (Lipinski definition) is 1. The number of carbonyl (C=O) groups is 2. The smallest absolute Gasteiger partial charge is 0.313 e. The predicted molar refractivity (Wildman–Crippen MR) is 107 cm³/mol. The number of carbonyl (C=O) groups excluding carboxylic acids is 2. The first kappa shape index (κ1) is 21.0. The molecule has 0 radical (unpaired) electrons. The normalized spacial score (nSPS) is 15.0. The van der Waals surface area contributed by atoms with Crippen LogP contribution in [0.25, 0.3) is 10.9 Å². The average Bonchev–Trinajstić information content (AvgIpc) is 3.00. The van der Waals surface area contributed by atoms with Gasteiger partial charge in [-0.25, -0.2) is 13.2 Å². The molecule has 0 saturated heterocycles. The van der Waals surface area contributed by atoms with Crippen molar-refractivity contribution in [3.8, 4) is 5.75 Å². The standard InChI is InChI=1S/C23H20F3NO4/c1-11(23(30)31-14-4-3-5-14)19-12(2)27(17-8-9-18(28)21(26)20(17)19)22(29)13-6-7-15(24)16(25)10-13/h6-11,14,28H,3-5H2,1-2H3. The third-order valence-electron chi connectivity index (χ3n) is 5.83. The van der Waals surface area contributed by atoms with E-state index in [0.29, 0.717) is 0 Å². The molecule has 1 aliphatic rings. The molecule has 2 aromatic carbocycles. The second-order valence-electron chi connectivity index (χ2n) is 7.77. The molecular formula is C23H20F3NO4. The fourth-order valence-corrected chi connectivity index (χ4v) is 3.90. The van der Waals surface area contributed by atoms with Gasteiger partial charge in [0.2, 0.25) is 0 Å². The minimum absolute atomic E-state index is 0.0912. The molecule has 31 heavy (non-hydrogen) atoms. The highest BCUT2D eigenvalue weighted by Crippen LogP contribution is 2.38. The lowest BCUT2D eigenvalue weighted by Gasteiger charge is -2.26. The summed E-state index contributed by atoms with van der Waals surface area (Å²) in [4.78, 5) is 25.8. The van der Waals surface area contributed by atoms with Crippen molar-refractivity contribution < 1.29 is 32.6 Å². The zero-order chi connectivity index (χ0) is 22.4. The Hall–Kier alpha value is -3.29. The SMILES string of the molecule is Cc1c(C(C)C(=O)OC2CCC2)c2c(F)c(O)ccc2n1C(=O)c1ccc(F)c(F)c1. The molecule has 1 saturated carbocycles. The predicted octanol–water partition coefficient (Wildman–Crippen LogP) is 4.96. The molecule has 0 bridgehead atoms. The molecule has 4 rings (SSSR count). The van der Waals surface area contributed by atoms with Gasteiger partial charge >= 0.3 is 5.97 Å². The van der Waals surface area contributed by atoms with Crippen molar-refractivity contribution in [2.45, 2.75) is 45.1 Å². The lowest BCUT2D eigenvalue weighted by atomic mass is 9.94. The Labute approximate surface area is 176 Å². The van der Waals surface area contributed by atoms with Crippen LogP contribution in [0.2, 0.25) is 0 Å². The molecule has 3 aromatic rings. The van der Waals surface area contributed by atoms with Gasteiger partial charge < -0.3 is 9.84 Å². The number of aromatic nitrogens is 1. The van der Waals surface area contributed by atoms with Crippen LogP contribution in [0.15, 0.2) is 30.3 Å². The number of esters is 1. The Morgan fingerprint density at radius 1 is 1.13 bits per heavy atom. The molecule has 0 aliphatic heterocycles. The van der Waals surface area contributed by atoms with Crippen LogP contribution in [-0.2, 0) is 9.53 Å². The van der Waals surface area contributed by atoms with E-state index in [0.717, 1.165) is 48.1 Å². The van der Waals surface area contributed by atoms with Gasteiger partial charge in [0.15, 0.2) is 23.2 Å². The van der Waals surface area contributed by atoms with Gasteiger partial charge in [-0.1, -0.05) is 0 Å². The molecule has 1 unspecified atom stereocenters. The van der Waals surface area contributed by atoms with Crippen LogP contribution >= 0.6 is 0 Å². The van der Waals surface area contributed by atoms with Crippen LogP contribution < -0.4 is 0 Å². The number of fused-ring (bicyclic) bond motifs is 1. The van der Waals surface area contributed by atoms with E-state index in [9.17, 15) is 27.9 Å². The molecule has 0 amide bonds. The number of ether oxygens (including phenoxy) is 1. The number of halogens is 3. The molecule has 1 N–H and O–H groups in total. The Kier molecular flexibility index (Phi) is 5.24. The van der Waals surface area contributed by atoms with Crippen molar-refractivity contribution >= 4 is 22.8 Å². The van der Waals surface area contributed by atoms with Crippen molar-refractivity contribution in [3.05, 3.63) is 64.6 Å². The number of hydrogen-bond acceptors (Lipinski definition) is 4. The lowest BCUT2D eigenvalue weighted by Crippen LogP contribution is -2.27. The van der Waals surface area contributed by atoms with Gasteiger partial charge in [0.25, 0.3) is 5.91 Å². The van der Waals surface area contributed by atoms with Crippen LogP contribution in [0.1, 0.15) is 53.7 Å². The van der Waals surface area contributed by atoms with E-state index in [-0.39, 0.29) is 33.8 Å². The maximum Gasteiger partial charge on any atom is 0.313 e. The maximum atomic E-state index is 15.0. The second kappa shape index (κ2) is 7.76. The third kappa shape index (κ3) is 3.45. The maximum absolute atomic E-state index is 15.0. The van der Waals surface area contributed by atoms with E-state index < -0.39 is 41.0 Å². The Balaban J connectivity index is 1.87. The first-order valence-corrected chi connectivity index (χ1v) is 9.93. The van der Waals surface area contributed by atoms with Crippen molar-refractivity contribution in [2.24, 2.45) is 0 Å². The highest BCUT2D eigenvalue weighted by Gasteiger charge is 2.32. The van der Waals surface area contributed by atoms with Crippen molar-refractivity contribution in [1.82, 2.24) is 4.57 Å². The second-order valence-corrected chi connectivity index (χ2v) is 7.77. The minimum Gasteiger partial charge on any atom is -0.505 e. The zero-order valence-corrected chi connectivity index (χ0v) is 16.9. The van der Waals surface area contributed by atoms with Gasteiger partial charge in [-0.05, 0) is 69.0 Å². The zero-order valence-electron chi connectivity index (χ0n) is 16.9. The molecule has 1 atom stereocenters. The largest absolute Gasteiger partial charge is 0.505 e. The van der Waals surface area contributed by atoms with Gasteiger partial charge in [0.05, 0.1) is 11.4 Å². The topological polar surface area (TPSA) is 68.5 Å². The van der Waals surface area contributed by atoms with E-state index in [1.54, 1.807) is 6.92 Å². The first-order valence-electron chi connectivity index (χ1n) is 9.93. The molecule has 1 fully saturated rings.